The quantitative estimate of drug-likeness (QED) is 0.721. The van der Waals surface area contributed by atoms with Gasteiger partial charge >= 0.3 is 0 Å². The molecule has 3 atom stereocenters. The number of nitrogens with zero attached hydrogens (tertiary/aromatic N) is 2. The van der Waals surface area contributed by atoms with Crippen LogP contribution < -0.4 is 0 Å². The van der Waals surface area contributed by atoms with E-state index in [1.807, 2.05) is 0 Å². The smallest absolute Gasteiger partial charge is 0.0593 e. The van der Waals surface area contributed by atoms with E-state index in [-0.39, 0.29) is 0 Å². The van der Waals surface area contributed by atoms with Crippen LogP contribution in [0.15, 0.2) is 12.3 Å². The van der Waals surface area contributed by atoms with Crippen LogP contribution in [0.5, 0.6) is 0 Å². The lowest BCUT2D eigenvalue weighted by Crippen LogP contribution is -2.19. The summed E-state index contributed by atoms with van der Waals surface area (Å²) in [6.45, 7) is 6.74. The number of aryl methyl sites for hydroxylation is 1. The van der Waals surface area contributed by atoms with Gasteiger partial charge in [-0.2, -0.15) is 5.10 Å². The molecule has 0 amide bonds. The summed E-state index contributed by atoms with van der Waals surface area (Å²) in [4.78, 5) is 0. The van der Waals surface area contributed by atoms with Gasteiger partial charge in [-0.25, -0.2) is 0 Å². The van der Waals surface area contributed by atoms with Crippen LogP contribution in [0, 0.1) is 18.8 Å². The average molecular weight is 262 g/mol. The van der Waals surface area contributed by atoms with Gasteiger partial charge in [-0.05, 0) is 38.2 Å². The maximum atomic E-state index is 4.51. The molecule has 108 valence electrons. The number of aromatic nitrogens is 2. The Morgan fingerprint density at radius 2 is 1.74 bits per heavy atom. The normalized spacial score (nSPS) is 27.9. The molecule has 1 aromatic heterocycles. The Morgan fingerprint density at radius 3 is 2.16 bits per heavy atom. The Kier molecular flexibility index (Phi) is 5.47. The van der Waals surface area contributed by atoms with Crippen LogP contribution in [0.25, 0.3) is 0 Å². The van der Waals surface area contributed by atoms with Crippen molar-refractivity contribution in [2.45, 2.75) is 78.2 Å². The Morgan fingerprint density at radius 1 is 1.11 bits per heavy atom. The van der Waals surface area contributed by atoms with E-state index < -0.39 is 0 Å². The van der Waals surface area contributed by atoms with Gasteiger partial charge in [0.05, 0.1) is 11.7 Å². The van der Waals surface area contributed by atoms with Crippen LogP contribution in [-0.4, -0.2) is 9.78 Å². The molecule has 0 aliphatic heterocycles. The predicted molar refractivity (Wildman–Crippen MR) is 81.3 cm³/mol. The zero-order chi connectivity index (χ0) is 13.7. The first-order valence-electron chi connectivity index (χ1n) is 8.20. The third-order valence-electron chi connectivity index (χ3n) is 4.96. The number of hydrogen-bond donors (Lipinski definition) is 0. The Balaban J connectivity index is 0.000000224. The minimum Gasteiger partial charge on any atom is -0.269 e. The molecule has 0 N–H and O–H groups in total. The van der Waals surface area contributed by atoms with Crippen molar-refractivity contribution in [2.75, 3.05) is 0 Å². The van der Waals surface area contributed by atoms with Gasteiger partial charge in [0.25, 0.3) is 0 Å². The lowest BCUT2D eigenvalue weighted by atomic mass is 9.91. The van der Waals surface area contributed by atoms with Crippen LogP contribution in [0.4, 0.5) is 0 Å². The van der Waals surface area contributed by atoms with E-state index in [0.29, 0.717) is 6.04 Å². The van der Waals surface area contributed by atoms with Crippen molar-refractivity contribution in [1.29, 1.82) is 0 Å². The van der Waals surface area contributed by atoms with E-state index in [4.69, 9.17) is 0 Å². The Bertz CT molecular complexity index is 357. The summed E-state index contributed by atoms with van der Waals surface area (Å²) in [5, 5.41) is 4.51. The van der Waals surface area contributed by atoms with Crippen molar-refractivity contribution >= 4 is 0 Å². The van der Waals surface area contributed by atoms with Gasteiger partial charge in [-0.1, -0.05) is 51.9 Å². The molecular formula is C17H30N2. The summed E-state index contributed by atoms with van der Waals surface area (Å²) in [6.07, 6.45) is 13.8. The molecule has 1 heterocycles. The van der Waals surface area contributed by atoms with Gasteiger partial charge in [-0.3, -0.25) is 4.68 Å². The standard InChI is InChI=1S/C12H20N2.C5H10/c1-9-5-4-6-12(9)11(3)14-8-7-10(2)13-14;1-2-4-5-3-1/h7-9,11-12H,4-6H2,1-3H3;1-5H2/t9?,11-,12?;/m1./s1. The maximum Gasteiger partial charge on any atom is 0.0593 e. The first kappa shape index (κ1) is 14.6. The summed E-state index contributed by atoms with van der Waals surface area (Å²) in [5.74, 6) is 1.70. The summed E-state index contributed by atoms with van der Waals surface area (Å²) in [6, 6.07) is 2.66. The van der Waals surface area contributed by atoms with E-state index in [0.717, 1.165) is 17.5 Å². The highest BCUT2D eigenvalue weighted by Gasteiger charge is 2.29. The predicted octanol–water partition coefficient (Wildman–Crippen LogP) is 5.14. The monoisotopic (exact) mass is 262 g/mol. The molecule has 0 radical (unpaired) electrons. The van der Waals surface area contributed by atoms with Crippen molar-refractivity contribution < 1.29 is 0 Å². The first-order chi connectivity index (χ1) is 9.18. The van der Waals surface area contributed by atoms with Crippen molar-refractivity contribution in [1.82, 2.24) is 9.78 Å². The van der Waals surface area contributed by atoms with Crippen LogP contribution in [0.1, 0.15) is 76.9 Å². The van der Waals surface area contributed by atoms with Crippen LogP contribution in [0.2, 0.25) is 0 Å². The molecule has 2 heteroatoms. The van der Waals surface area contributed by atoms with E-state index in [2.05, 4.69) is 42.8 Å². The Hall–Kier alpha value is -0.790. The van der Waals surface area contributed by atoms with Gasteiger partial charge in [0.1, 0.15) is 0 Å². The molecule has 1 aromatic rings. The summed E-state index contributed by atoms with van der Waals surface area (Å²) in [5.41, 5.74) is 1.13. The van der Waals surface area contributed by atoms with Crippen molar-refractivity contribution in [2.24, 2.45) is 11.8 Å². The molecule has 3 rings (SSSR count). The fourth-order valence-corrected chi connectivity index (χ4v) is 3.63. The van der Waals surface area contributed by atoms with Gasteiger partial charge in [0.2, 0.25) is 0 Å². The number of rotatable bonds is 2. The minimum absolute atomic E-state index is 0.571. The molecule has 2 aliphatic carbocycles. The second kappa shape index (κ2) is 7.12. The second-order valence-corrected chi connectivity index (χ2v) is 6.52. The van der Waals surface area contributed by atoms with E-state index in [1.54, 1.807) is 0 Å². The van der Waals surface area contributed by atoms with E-state index >= 15 is 0 Å². The molecule has 0 spiro atoms. The molecule has 0 aromatic carbocycles. The topological polar surface area (TPSA) is 17.8 Å². The molecule has 0 bridgehead atoms. The second-order valence-electron chi connectivity index (χ2n) is 6.52. The summed E-state index contributed by atoms with van der Waals surface area (Å²) >= 11 is 0. The average Bonchev–Trinajstić information content (AvgIpc) is 3.09. The molecular weight excluding hydrogens is 232 g/mol. The van der Waals surface area contributed by atoms with E-state index in [9.17, 15) is 0 Å². The molecule has 2 fully saturated rings. The third-order valence-corrected chi connectivity index (χ3v) is 4.96. The molecule has 2 unspecified atom stereocenters. The highest BCUT2D eigenvalue weighted by Crippen LogP contribution is 2.38. The largest absolute Gasteiger partial charge is 0.269 e. The van der Waals surface area contributed by atoms with E-state index in [1.165, 1.54) is 51.4 Å². The highest BCUT2D eigenvalue weighted by molar-refractivity contribution is 4.97. The van der Waals surface area contributed by atoms with Gasteiger partial charge in [0, 0.05) is 6.20 Å². The van der Waals surface area contributed by atoms with Gasteiger partial charge in [-0.15, -0.1) is 0 Å². The van der Waals surface area contributed by atoms with Crippen molar-refractivity contribution in [3.05, 3.63) is 18.0 Å². The van der Waals surface area contributed by atoms with Crippen molar-refractivity contribution in [3.8, 4) is 0 Å². The van der Waals surface area contributed by atoms with Gasteiger partial charge < -0.3 is 0 Å². The highest BCUT2D eigenvalue weighted by atomic mass is 15.3. The molecule has 2 aliphatic rings. The third kappa shape index (κ3) is 4.09. The van der Waals surface area contributed by atoms with Crippen LogP contribution >= 0.6 is 0 Å². The fraction of sp³-hybridized carbons (Fsp3) is 0.824. The SMILES string of the molecule is C1CCCC1.Cc1ccn([C@H](C)C2CCCC2C)n1. The van der Waals surface area contributed by atoms with Crippen molar-refractivity contribution in [3.63, 3.8) is 0 Å². The van der Waals surface area contributed by atoms with Gasteiger partial charge in [0.15, 0.2) is 0 Å². The molecule has 19 heavy (non-hydrogen) atoms. The zero-order valence-corrected chi connectivity index (χ0v) is 12.9. The molecule has 2 saturated carbocycles. The maximum absolute atomic E-state index is 4.51. The number of hydrogen-bond acceptors (Lipinski definition) is 1. The summed E-state index contributed by atoms with van der Waals surface area (Å²) in [7, 11) is 0. The minimum atomic E-state index is 0.571. The summed E-state index contributed by atoms with van der Waals surface area (Å²) < 4.78 is 2.14. The first-order valence-corrected chi connectivity index (χ1v) is 8.20. The fourth-order valence-electron chi connectivity index (χ4n) is 3.63. The Labute approximate surface area is 118 Å². The lowest BCUT2D eigenvalue weighted by molar-refractivity contribution is 0.275. The van der Waals surface area contributed by atoms with Crippen LogP contribution in [-0.2, 0) is 0 Å². The molecule has 0 saturated heterocycles. The molecule has 2 nitrogen and oxygen atoms in total. The van der Waals surface area contributed by atoms with Crippen LogP contribution in [0.3, 0.4) is 0 Å². The lowest BCUT2D eigenvalue weighted by Gasteiger charge is -2.23. The zero-order valence-electron chi connectivity index (χ0n) is 12.9.